The van der Waals surface area contributed by atoms with Crippen LogP contribution in [0.2, 0.25) is 0 Å². The average molecular weight is 398 g/mol. The zero-order valence-electron chi connectivity index (χ0n) is 16.1. The number of benzene rings is 1. The fraction of sp³-hybridized carbons (Fsp3) is 0.556. The summed E-state index contributed by atoms with van der Waals surface area (Å²) in [5.41, 5.74) is 0.0382. The number of likely N-dealkylation sites (tertiary alicyclic amines) is 1. The van der Waals surface area contributed by atoms with Crippen LogP contribution in [0.3, 0.4) is 0 Å². The Labute approximate surface area is 160 Å². The summed E-state index contributed by atoms with van der Waals surface area (Å²) < 4.78 is 36.0. The van der Waals surface area contributed by atoms with Crippen LogP contribution in [0.15, 0.2) is 23.1 Å². The minimum atomic E-state index is -3.80. The molecule has 1 aliphatic rings. The molecule has 27 heavy (non-hydrogen) atoms. The average Bonchev–Trinajstić information content (AvgIpc) is 2.65. The summed E-state index contributed by atoms with van der Waals surface area (Å²) >= 11 is 0. The molecule has 2 rings (SSSR count). The van der Waals surface area contributed by atoms with E-state index in [-0.39, 0.29) is 28.7 Å². The first-order chi connectivity index (χ1) is 12.7. The SMILES string of the molecule is COc1ccc(C(=O)OCC(=O)N2CCC(C)CC2)cc1S(=O)(=O)N(C)C. The van der Waals surface area contributed by atoms with Crippen molar-refractivity contribution in [2.45, 2.75) is 24.7 Å². The van der Waals surface area contributed by atoms with Crippen molar-refractivity contribution < 1.29 is 27.5 Å². The van der Waals surface area contributed by atoms with Crippen LogP contribution >= 0.6 is 0 Å². The Kier molecular flexibility index (Phi) is 6.83. The number of rotatable bonds is 6. The Morgan fingerprint density at radius 2 is 1.85 bits per heavy atom. The molecule has 1 amide bonds. The maximum absolute atomic E-state index is 12.4. The van der Waals surface area contributed by atoms with E-state index in [4.69, 9.17) is 9.47 Å². The molecule has 1 heterocycles. The van der Waals surface area contributed by atoms with Crippen molar-refractivity contribution in [1.29, 1.82) is 0 Å². The molecule has 0 bridgehead atoms. The Bertz CT molecular complexity index is 798. The van der Waals surface area contributed by atoms with Gasteiger partial charge in [0.15, 0.2) is 6.61 Å². The number of methoxy groups -OCH3 is 1. The maximum Gasteiger partial charge on any atom is 0.338 e. The molecule has 0 aliphatic carbocycles. The number of nitrogens with zero attached hydrogens (tertiary/aromatic N) is 2. The van der Waals surface area contributed by atoms with E-state index in [1.165, 1.54) is 39.4 Å². The van der Waals surface area contributed by atoms with Gasteiger partial charge in [0.2, 0.25) is 10.0 Å². The fourth-order valence-electron chi connectivity index (χ4n) is 2.76. The highest BCUT2D eigenvalue weighted by atomic mass is 32.2. The van der Waals surface area contributed by atoms with Gasteiger partial charge in [0.1, 0.15) is 10.6 Å². The van der Waals surface area contributed by atoms with Gasteiger partial charge in [0.05, 0.1) is 12.7 Å². The van der Waals surface area contributed by atoms with Crippen molar-refractivity contribution in [3.05, 3.63) is 23.8 Å². The third-order valence-electron chi connectivity index (χ3n) is 4.62. The van der Waals surface area contributed by atoms with Crippen LogP contribution in [0, 0.1) is 5.92 Å². The lowest BCUT2D eigenvalue weighted by Gasteiger charge is -2.30. The lowest BCUT2D eigenvalue weighted by molar-refractivity contribution is -0.135. The zero-order chi connectivity index (χ0) is 20.2. The summed E-state index contributed by atoms with van der Waals surface area (Å²) in [5.74, 6) is -0.289. The molecule has 1 aromatic rings. The minimum absolute atomic E-state index is 0.0382. The van der Waals surface area contributed by atoms with Gasteiger partial charge in [-0.15, -0.1) is 0 Å². The van der Waals surface area contributed by atoms with Gasteiger partial charge in [0.25, 0.3) is 5.91 Å². The lowest BCUT2D eigenvalue weighted by Crippen LogP contribution is -2.40. The smallest absolute Gasteiger partial charge is 0.338 e. The molecule has 0 N–H and O–H groups in total. The van der Waals surface area contributed by atoms with Crippen LogP contribution in [-0.4, -0.2) is 70.4 Å². The number of esters is 1. The highest BCUT2D eigenvalue weighted by Crippen LogP contribution is 2.27. The van der Waals surface area contributed by atoms with Crippen molar-refractivity contribution >= 4 is 21.9 Å². The number of piperidine rings is 1. The number of carbonyl (C=O) groups excluding carboxylic acids is 2. The van der Waals surface area contributed by atoms with E-state index in [1.807, 2.05) is 0 Å². The largest absolute Gasteiger partial charge is 0.495 e. The molecule has 1 fully saturated rings. The van der Waals surface area contributed by atoms with Gasteiger partial charge in [-0.3, -0.25) is 4.79 Å². The Morgan fingerprint density at radius 3 is 2.41 bits per heavy atom. The summed E-state index contributed by atoms with van der Waals surface area (Å²) in [4.78, 5) is 26.0. The molecule has 0 unspecified atom stereocenters. The van der Waals surface area contributed by atoms with Gasteiger partial charge in [-0.05, 0) is 37.0 Å². The van der Waals surface area contributed by atoms with Gasteiger partial charge >= 0.3 is 5.97 Å². The first-order valence-corrected chi connectivity index (χ1v) is 10.2. The quantitative estimate of drug-likeness (QED) is 0.672. The zero-order valence-corrected chi connectivity index (χ0v) is 16.9. The van der Waals surface area contributed by atoms with Crippen molar-refractivity contribution in [2.24, 2.45) is 5.92 Å². The fourth-order valence-corrected chi connectivity index (χ4v) is 3.84. The molecule has 0 aromatic heterocycles. The van der Waals surface area contributed by atoms with Crippen molar-refractivity contribution in [3.63, 3.8) is 0 Å². The van der Waals surface area contributed by atoms with Gasteiger partial charge in [-0.2, -0.15) is 0 Å². The second-order valence-corrected chi connectivity index (χ2v) is 8.91. The molecule has 0 spiro atoms. The first-order valence-electron chi connectivity index (χ1n) is 8.72. The predicted molar refractivity (Wildman–Crippen MR) is 99.1 cm³/mol. The molecule has 0 radical (unpaired) electrons. The van der Waals surface area contributed by atoms with E-state index in [0.717, 1.165) is 17.1 Å². The van der Waals surface area contributed by atoms with Crippen molar-refractivity contribution in [1.82, 2.24) is 9.21 Å². The molecular formula is C18H26N2O6S. The van der Waals surface area contributed by atoms with E-state index < -0.39 is 16.0 Å². The summed E-state index contributed by atoms with van der Waals surface area (Å²) in [6, 6.07) is 3.99. The summed E-state index contributed by atoms with van der Waals surface area (Å²) in [7, 11) is 0.317. The van der Waals surface area contributed by atoms with E-state index in [0.29, 0.717) is 19.0 Å². The molecule has 1 aromatic carbocycles. The monoisotopic (exact) mass is 398 g/mol. The topological polar surface area (TPSA) is 93.2 Å². The molecule has 150 valence electrons. The van der Waals surface area contributed by atoms with Gasteiger partial charge < -0.3 is 14.4 Å². The van der Waals surface area contributed by atoms with Gasteiger partial charge in [-0.1, -0.05) is 6.92 Å². The molecule has 8 nitrogen and oxygen atoms in total. The number of sulfonamides is 1. The summed E-state index contributed by atoms with van der Waals surface area (Å²) in [6.07, 6.45) is 1.87. The first kappa shape index (κ1) is 21.2. The number of ether oxygens (including phenoxy) is 2. The van der Waals surface area contributed by atoms with Crippen LogP contribution in [0.4, 0.5) is 0 Å². The Hall–Kier alpha value is -2.13. The van der Waals surface area contributed by atoms with E-state index in [1.54, 1.807) is 4.90 Å². The van der Waals surface area contributed by atoms with Crippen LogP contribution < -0.4 is 4.74 Å². The molecule has 1 aliphatic heterocycles. The van der Waals surface area contributed by atoms with Gasteiger partial charge in [-0.25, -0.2) is 17.5 Å². The Morgan fingerprint density at radius 1 is 1.22 bits per heavy atom. The van der Waals surface area contributed by atoms with E-state index >= 15 is 0 Å². The second kappa shape index (κ2) is 8.71. The molecular weight excluding hydrogens is 372 g/mol. The second-order valence-electron chi connectivity index (χ2n) is 6.79. The normalized spacial score (nSPS) is 15.7. The summed E-state index contributed by atoms with van der Waals surface area (Å²) in [6.45, 7) is 3.09. The van der Waals surface area contributed by atoms with E-state index in [9.17, 15) is 18.0 Å². The predicted octanol–water partition coefficient (Wildman–Crippen LogP) is 1.36. The third-order valence-corrected chi connectivity index (χ3v) is 6.46. The van der Waals surface area contributed by atoms with Gasteiger partial charge in [0, 0.05) is 27.2 Å². The van der Waals surface area contributed by atoms with Crippen LogP contribution in [0.25, 0.3) is 0 Å². The van der Waals surface area contributed by atoms with Crippen molar-refractivity contribution in [2.75, 3.05) is 40.9 Å². The van der Waals surface area contributed by atoms with Crippen LogP contribution in [-0.2, 0) is 19.6 Å². The highest BCUT2D eigenvalue weighted by Gasteiger charge is 2.25. The highest BCUT2D eigenvalue weighted by molar-refractivity contribution is 7.89. The Balaban J connectivity index is 2.09. The number of carbonyl (C=O) groups is 2. The molecule has 0 atom stereocenters. The summed E-state index contributed by atoms with van der Waals surface area (Å²) in [5, 5.41) is 0. The molecule has 1 saturated heterocycles. The molecule has 9 heteroatoms. The number of hydrogen-bond acceptors (Lipinski definition) is 6. The number of amides is 1. The molecule has 0 saturated carbocycles. The lowest BCUT2D eigenvalue weighted by atomic mass is 9.99. The van der Waals surface area contributed by atoms with Crippen LogP contribution in [0.1, 0.15) is 30.1 Å². The van der Waals surface area contributed by atoms with E-state index in [2.05, 4.69) is 6.92 Å². The van der Waals surface area contributed by atoms with Crippen molar-refractivity contribution in [3.8, 4) is 5.75 Å². The minimum Gasteiger partial charge on any atom is -0.495 e. The standard InChI is InChI=1S/C18H26N2O6S/c1-13-7-9-20(10-8-13)17(21)12-26-18(22)14-5-6-15(25-4)16(11-14)27(23,24)19(2)3/h5-6,11,13H,7-10,12H2,1-4H3. The third kappa shape index (κ3) is 4.98. The van der Waals surface area contributed by atoms with Crippen LogP contribution in [0.5, 0.6) is 5.75 Å². The maximum atomic E-state index is 12.4. The number of hydrogen-bond donors (Lipinski definition) is 0.